The van der Waals surface area contributed by atoms with Crippen molar-refractivity contribution in [1.29, 1.82) is 0 Å². The van der Waals surface area contributed by atoms with Crippen LogP contribution in [0.15, 0.2) is 30.3 Å². The number of likely N-dealkylation sites (tertiary alicyclic amines) is 2. The van der Waals surface area contributed by atoms with Gasteiger partial charge in [-0.05, 0) is 31.2 Å². The Morgan fingerprint density at radius 3 is 2.81 bits per heavy atom. The zero-order valence-corrected chi connectivity index (χ0v) is 16.3. The summed E-state index contributed by atoms with van der Waals surface area (Å²) in [6.45, 7) is 4.12. The molecule has 1 spiro atoms. The Morgan fingerprint density at radius 1 is 1.22 bits per heavy atom. The van der Waals surface area contributed by atoms with Crippen LogP contribution < -0.4 is 5.32 Å². The summed E-state index contributed by atoms with van der Waals surface area (Å²) in [6, 6.07) is 10.2. The molecule has 6 nitrogen and oxygen atoms in total. The third-order valence-corrected chi connectivity index (χ3v) is 5.79. The van der Waals surface area contributed by atoms with Gasteiger partial charge in [0, 0.05) is 51.7 Å². The highest BCUT2D eigenvalue weighted by Gasteiger charge is 2.42. The van der Waals surface area contributed by atoms with Crippen molar-refractivity contribution in [1.82, 2.24) is 15.1 Å². The average Bonchev–Trinajstić information content (AvgIpc) is 2.70. The van der Waals surface area contributed by atoms with Crippen LogP contribution >= 0.6 is 0 Å². The fourth-order valence-corrected chi connectivity index (χ4v) is 4.29. The van der Waals surface area contributed by atoms with Crippen LogP contribution in [0.2, 0.25) is 0 Å². The fraction of sp³-hybridized carbons (Fsp3) is 0.619. The second kappa shape index (κ2) is 9.22. The van der Waals surface area contributed by atoms with Crippen LogP contribution in [0.5, 0.6) is 0 Å². The first-order chi connectivity index (χ1) is 13.1. The molecule has 3 rings (SSSR count). The summed E-state index contributed by atoms with van der Waals surface area (Å²) in [5.41, 5.74) is 1.27. The number of benzene rings is 1. The molecule has 0 aliphatic carbocycles. The summed E-state index contributed by atoms with van der Waals surface area (Å²) < 4.78 is 5.14. The number of carbonyl (C=O) groups excluding carboxylic acids is 2. The Kier molecular flexibility index (Phi) is 6.72. The van der Waals surface area contributed by atoms with Gasteiger partial charge in [-0.2, -0.15) is 0 Å². The molecule has 0 saturated carbocycles. The third-order valence-electron chi connectivity index (χ3n) is 5.79. The molecular formula is C21H31N3O3. The molecule has 6 heteroatoms. The minimum absolute atomic E-state index is 0.0188. The first-order valence-corrected chi connectivity index (χ1v) is 9.95. The van der Waals surface area contributed by atoms with Gasteiger partial charge in [0.15, 0.2) is 0 Å². The first-order valence-electron chi connectivity index (χ1n) is 9.95. The van der Waals surface area contributed by atoms with Gasteiger partial charge in [-0.3, -0.25) is 4.79 Å². The van der Waals surface area contributed by atoms with Gasteiger partial charge in [-0.15, -0.1) is 0 Å². The van der Waals surface area contributed by atoms with Crippen molar-refractivity contribution in [2.75, 3.05) is 46.4 Å². The van der Waals surface area contributed by atoms with Gasteiger partial charge in [0.2, 0.25) is 5.91 Å². The van der Waals surface area contributed by atoms with Crippen molar-refractivity contribution in [3.05, 3.63) is 35.9 Å². The molecule has 0 unspecified atom stereocenters. The normalized spacial score (nSPS) is 22.9. The molecule has 1 aromatic carbocycles. The maximum atomic E-state index is 12.6. The molecule has 2 saturated heterocycles. The fourth-order valence-electron chi connectivity index (χ4n) is 4.29. The quantitative estimate of drug-likeness (QED) is 0.832. The maximum absolute atomic E-state index is 12.6. The van der Waals surface area contributed by atoms with E-state index in [0.717, 1.165) is 45.3 Å². The number of nitrogens with zero attached hydrogens (tertiary/aromatic N) is 2. The maximum Gasteiger partial charge on any atom is 0.317 e. The van der Waals surface area contributed by atoms with E-state index in [0.29, 0.717) is 26.1 Å². The van der Waals surface area contributed by atoms with Crippen molar-refractivity contribution < 1.29 is 14.3 Å². The summed E-state index contributed by atoms with van der Waals surface area (Å²) in [4.78, 5) is 28.7. The van der Waals surface area contributed by atoms with E-state index >= 15 is 0 Å². The minimum Gasteiger partial charge on any atom is -0.383 e. The summed E-state index contributed by atoms with van der Waals surface area (Å²) in [5, 5.41) is 3.06. The lowest BCUT2D eigenvalue weighted by Gasteiger charge is -2.48. The van der Waals surface area contributed by atoms with E-state index in [2.05, 4.69) is 17.4 Å². The monoisotopic (exact) mass is 373 g/mol. The summed E-state index contributed by atoms with van der Waals surface area (Å²) in [6.07, 6.45) is 4.37. The van der Waals surface area contributed by atoms with Crippen LogP contribution in [0, 0.1) is 5.41 Å². The Labute approximate surface area is 161 Å². The van der Waals surface area contributed by atoms with Crippen molar-refractivity contribution in [2.24, 2.45) is 5.41 Å². The lowest BCUT2D eigenvalue weighted by Crippen LogP contribution is -2.57. The number of piperidine rings is 2. The van der Waals surface area contributed by atoms with Crippen molar-refractivity contribution >= 4 is 11.9 Å². The van der Waals surface area contributed by atoms with Gasteiger partial charge in [0.25, 0.3) is 0 Å². The number of carbonyl (C=O) groups is 2. The van der Waals surface area contributed by atoms with Gasteiger partial charge >= 0.3 is 6.03 Å². The minimum atomic E-state index is 0.0188. The molecule has 2 heterocycles. The molecule has 1 atom stereocenters. The summed E-state index contributed by atoms with van der Waals surface area (Å²) >= 11 is 0. The standard InChI is InChI=1S/C21H31N3O3/c1-27-15-14-23-16-21(11-8-19(23)25)10-5-13-24(17-21)20(26)22-12-9-18-6-3-2-4-7-18/h2-4,6-7H,5,8-17H2,1H3,(H,22,26)/t21-/m0/s1. The molecule has 27 heavy (non-hydrogen) atoms. The van der Waals surface area contributed by atoms with Crippen LogP contribution in [0.3, 0.4) is 0 Å². The van der Waals surface area contributed by atoms with Crippen LogP contribution in [-0.4, -0.2) is 68.2 Å². The predicted molar refractivity (Wildman–Crippen MR) is 104 cm³/mol. The average molecular weight is 373 g/mol. The molecule has 3 amide bonds. The number of rotatable bonds is 6. The predicted octanol–water partition coefficient (Wildman–Crippen LogP) is 2.29. The zero-order chi connectivity index (χ0) is 19.1. The van der Waals surface area contributed by atoms with E-state index in [4.69, 9.17) is 4.74 Å². The Morgan fingerprint density at radius 2 is 2.04 bits per heavy atom. The van der Waals surface area contributed by atoms with Crippen molar-refractivity contribution in [2.45, 2.75) is 32.1 Å². The highest BCUT2D eigenvalue weighted by molar-refractivity contribution is 5.77. The second-order valence-electron chi connectivity index (χ2n) is 7.80. The van der Waals surface area contributed by atoms with Crippen molar-refractivity contribution in [3.63, 3.8) is 0 Å². The molecule has 1 N–H and O–H groups in total. The molecule has 2 aliphatic heterocycles. The summed E-state index contributed by atoms with van der Waals surface area (Å²) in [7, 11) is 1.66. The highest BCUT2D eigenvalue weighted by Crippen LogP contribution is 2.38. The topological polar surface area (TPSA) is 61.9 Å². The van der Waals surface area contributed by atoms with Crippen LogP contribution in [0.4, 0.5) is 4.79 Å². The van der Waals surface area contributed by atoms with Gasteiger partial charge in [-0.25, -0.2) is 4.79 Å². The van der Waals surface area contributed by atoms with E-state index in [1.54, 1.807) is 7.11 Å². The van der Waals surface area contributed by atoms with Gasteiger partial charge in [0.1, 0.15) is 0 Å². The Balaban J connectivity index is 1.52. The van der Waals surface area contributed by atoms with E-state index in [1.165, 1.54) is 5.56 Å². The van der Waals surface area contributed by atoms with Gasteiger partial charge < -0.3 is 19.9 Å². The van der Waals surface area contributed by atoms with E-state index in [1.807, 2.05) is 28.0 Å². The van der Waals surface area contributed by atoms with Crippen LogP contribution in [0.25, 0.3) is 0 Å². The number of ether oxygens (including phenoxy) is 1. The van der Waals surface area contributed by atoms with Gasteiger partial charge in [0.05, 0.1) is 6.61 Å². The van der Waals surface area contributed by atoms with E-state index in [-0.39, 0.29) is 17.4 Å². The molecule has 1 aromatic rings. The Bertz CT molecular complexity index is 637. The molecule has 2 fully saturated rings. The molecular weight excluding hydrogens is 342 g/mol. The van der Waals surface area contributed by atoms with Crippen LogP contribution in [-0.2, 0) is 16.0 Å². The molecule has 0 bridgehead atoms. The van der Waals surface area contributed by atoms with E-state index < -0.39 is 0 Å². The largest absolute Gasteiger partial charge is 0.383 e. The molecule has 0 aromatic heterocycles. The smallest absolute Gasteiger partial charge is 0.317 e. The SMILES string of the molecule is COCCN1C[C@]2(CCCN(C(=O)NCCc3ccccc3)C2)CCC1=O. The third kappa shape index (κ3) is 5.22. The Hall–Kier alpha value is -2.08. The lowest BCUT2D eigenvalue weighted by molar-refractivity contribution is -0.139. The first kappa shape index (κ1) is 19.7. The number of amides is 3. The number of urea groups is 1. The number of methoxy groups -OCH3 is 1. The summed E-state index contributed by atoms with van der Waals surface area (Å²) in [5.74, 6) is 0.210. The van der Waals surface area contributed by atoms with Gasteiger partial charge in [-0.1, -0.05) is 30.3 Å². The molecule has 148 valence electrons. The molecule has 2 aliphatic rings. The lowest BCUT2D eigenvalue weighted by atomic mass is 9.73. The van der Waals surface area contributed by atoms with Crippen LogP contribution in [0.1, 0.15) is 31.2 Å². The zero-order valence-electron chi connectivity index (χ0n) is 16.3. The number of nitrogens with one attached hydrogen (secondary N) is 1. The molecule has 0 radical (unpaired) electrons. The van der Waals surface area contributed by atoms with E-state index in [9.17, 15) is 9.59 Å². The highest BCUT2D eigenvalue weighted by atomic mass is 16.5. The number of hydrogen-bond donors (Lipinski definition) is 1. The van der Waals surface area contributed by atoms with Crippen molar-refractivity contribution in [3.8, 4) is 0 Å². The number of hydrogen-bond acceptors (Lipinski definition) is 3. The second-order valence-corrected chi connectivity index (χ2v) is 7.80.